The fraction of sp³-hybridized carbons (Fsp3) is 0.357. The minimum atomic E-state index is -0.132. The number of thioether (sulfide) groups is 1. The van der Waals surface area contributed by atoms with E-state index < -0.39 is 0 Å². The molecule has 19 heavy (non-hydrogen) atoms. The molecule has 0 spiro atoms. The standard InChI is InChI=1S/C14H20N2O2S/c1-3-6-19-7-5-16-14(17)11-8-12(15)10-13(9-11)18-4-2/h3,8-10H,1,4-7,15H2,2H3,(H,16,17). The lowest BCUT2D eigenvalue weighted by Gasteiger charge is -2.08. The van der Waals surface area contributed by atoms with Crippen LogP contribution in [0.15, 0.2) is 30.9 Å². The van der Waals surface area contributed by atoms with Gasteiger partial charge in [0.2, 0.25) is 0 Å². The number of hydrogen-bond acceptors (Lipinski definition) is 4. The topological polar surface area (TPSA) is 64.4 Å². The predicted octanol–water partition coefficient (Wildman–Crippen LogP) is 2.32. The first kappa shape index (κ1) is 15.4. The van der Waals surface area contributed by atoms with Crippen LogP contribution in [0.25, 0.3) is 0 Å². The Morgan fingerprint density at radius 1 is 1.53 bits per heavy atom. The third-order valence-corrected chi connectivity index (χ3v) is 3.23. The van der Waals surface area contributed by atoms with E-state index in [-0.39, 0.29) is 5.91 Å². The smallest absolute Gasteiger partial charge is 0.251 e. The van der Waals surface area contributed by atoms with Crippen LogP contribution in [0.1, 0.15) is 17.3 Å². The largest absolute Gasteiger partial charge is 0.494 e. The van der Waals surface area contributed by atoms with Crippen LogP contribution in [-0.2, 0) is 0 Å². The number of rotatable bonds is 8. The maximum Gasteiger partial charge on any atom is 0.251 e. The molecule has 0 heterocycles. The molecule has 1 rings (SSSR count). The summed E-state index contributed by atoms with van der Waals surface area (Å²) in [5.41, 5.74) is 6.80. The van der Waals surface area contributed by atoms with E-state index in [2.05, 4.69) is 11.9 Å². The monoisotopic (exact) mass is 280 g/mol. The summed E-state index contributed by atoms with van der Waals surface area (Å²) in [5.74, 6) is 2.24. The fourth-order valence-corrected chi connectivity index (χ4v) is 2.09. The van der Waals surface area contributed by atoms with Gasteiger partial charge in [0, 0.05) is 35.4 Å². The number of carbonyl (C=O) groups excluding carboxylic acids is 1. The quantitative estimate of drug-likeness (QED) is 0.436. The zero-order chi connectivity index (χ0) is 14.1. The molecule has 0 aliphatic carbocycles. The highest BCUT2D eigenvalue weighted by molar-refractivity contribution is 7.99. The Morgan fingerprint density at radius 3 is 3.00 bits per heavy atom. The van der Waals surface area contributed by atoms with Crippen LogP contribution in [0, 0.1) is 0 Å². The number of benzene rings is 1. The van der Waals surface area contributed by atoms with Gasteiger partial charge in [0.15, 0.2) is 0 Å². The lowest BCUT2D eigenvalue weighted by molar-refractivity contribution is 0.0956. The van der Waals surface area contributed by atoms with E-state index in [1.54, 1.807) is 30.0 Å². The number of nitrogen functional groups attached to an aromatic ring is 1. The van der Waals surface area contributed by atoms with Crippen molar-refractivity contribution >= 4 is 23.4 Å². The molecular formula is C14H20N2O2S. The Hall–Kier alpha value is -1.62. The summed E-state index contributed by atoms with van der Waals surface area (Å²) < 4.78 is 5.36. The number of carbonyl (C=O) groups is 1. The number of nitrogens with one attached hydrogen (secondary N) is 1. The number of nitrogens with two attached hydrogens (primary N) is 1. The van der Waals surface area contributed by atoms with Gasteiger partial charge in [-0.3, -0.25) is 4.79 Å². The summed E-state index contributed by atoms with van der Waals surface area (Å²) in [6.07, 6.45) is 1.85. The second-order valence-electron chi connectivity index (χ2n) is 3.84. The Bertz CT molecular complexity index is 435. The molecule has 0 aliphatic heterocycles. The molecule has 1 aromatic carbocycles. The second kappa shape index (κ2) is 8.48. The molecule has 0 bridgehead atoms. The molecule has 0 unspecified atom stereocenters. The molecule has 5 heteroatoms. The van der Waals surface area contributed by atoms with Crippen molar-refractivity contribution in [1.29, 1.82) is 0 Å². The second-order valence-corrected chi connectivity index (χ2v) is 4.99. The summed E-state index contributed by atoms with van der Waals surface area (Å²) in [7, 11) is 0. The summed E-state index contributed by atoms with van der Waals surface area (Å²) in [4.78, 5) is 11.9. The van der Waals surface area contributed by atoms with Crippen molar-refractivity contribution in [3.63, 3.8) is 0 Å². The minimum Gasteiger partial charge on any atom is -0.494 e. The average molecular weight is 280 g/mol. The highest BCUT2D eigenvalue weighted by Gasteiger charge is 2.07. The lowest BCUT2D eigenvalue weighted by atomic mass is 10.2. The van der Waals surface area contributed by atoms with Gasteiger partial charge in [-0.05, 0) is 19.1 Å². The molecule has 0 aromatic heterocycles. The number of ether oxygens (including phenoxy) is 1. The maximum absolute atomic E-state index is 11.9. The van der Waals surface area contributed by atoms with Gasteiger partial charge in [0.25, 0.3) is 5.91 Å². The maximum atomic E-state index is 11.9. The van der Waals surface area contributed by atoms with Crippen LogP contribution in [-0.4, -0.2) is 30.6 Å². The van der Waals surface area contributed by atoms with E-state index in [9.17, 15) is 4.79 Å². The molecule has 0 atom stereocenters. The molecule has 1 aromatic rings. The van der Waals surface area contributed by atoms with E-state index in [4.69, 9.17) is 10.5 Å². The Balaban J connectivity index is 2.53. The van der Waals surface area contributed by atoms with E-state index in [1.165, 1.54) is 0 Å². The van der Waals surface area contributed by atoms with Gasteiger partial charge >= 0.3 is 0 Å². The molecule has 1 amide bonds. The Morgan fingerprint density at radius 2 is 2.32 bits per heavy atom. The van der Waals surface area contributed by atoms with Crippen molar-refractivity contribution < 1.29 is 9.53 Å². The first-order chi connectivity index (χ1) is 9.17. The van der Waals surface area contributed by atoms with Crippen LogP contribution >= 0.6 is 11.8 Å². The molecule has 3 N–H and O–H groups in total. The molecule has 0 saturated heterocycles. The van der Waals surface area contributed by atoms with Gasteiger partial charge in [0.1, 0.15) is 5.75 Å². The van der Waals surface area contributed by atoms with E-state index in [0.29, 0.717) is 30.2 Å². The fourth-order valence-electron chi connectivity index (χ4n) is 1.51. The Kier molecular flexibility index (Phi) is 6.89. The van der Waals surface area contributed by atoms with Crippen LogP contribution in [0.4, 0.5) is 5.69 Å². The molecule has 0 fully saturated rings. The van der Waals surface area contributed by atoms with Crippen molar-refractivity contribution in [2.75, 3.05) is 30.4 Å². The highest BCUT2D eigenvalue weighted by Crippen LogP contribution is 2.18. The van der Waals surface area contributed by atoms with Crippen molar-refractivity contribution in [2.24, 2.45) is 0 Å². The minimum absolute atomic E-state index is 0.132. The number of anilines is 1. The third-order valence-electron chi connectivity index (χ3n) is 2.27. The first-order valence-corrected chi connectivity index (χ1v) is 7.33. The lowest BCUT2D eigenvalue weighted by Crippen LogP contribution is -2.25. The zero-order valence-electron chi connectivity index (χ0n) is 11.1. The molecule has 0 saturated carbocycles. The van der Waals surface area contributed by atoms with Crippen molar-refractivity contribution in [2.45, 2.75) is 6.92 Å². The Labute approximate surface area is 118 Å². The van der Waals surface area contributed by atoms with Crippen LogP contribution in [0.2, 0.25) is 0 Å². The third kappa shape index (κ3) is 5.70. The molecular weight excluding hydrogens is 260 g/mol. The van der Waals surface area contributed by atoms with Crippen molar-refractivity contribution in [1.82, 2.24) is 5.32 Å². The predicted molar refractivity (Wildman–Crippen MR) is 81.9 cm³/mol. The number of amides is 1. The van der Waals surface area contributed by atoms with Crippen LogP contribution in [0.5, 0.6) is 5.75 Å². The average Bonchev–Trinajstić information content (AvgIpc) is 2.38. The van der Waals surface area contributed by atoms with Crippen molar-refractivity contribution in [3.05, 3.63) is 36.4 Å². The summed E-state index contributed by atoms with van der Waals surface area (Å²) in [6.45, 7) is 6.70. The molecule has 0 aliphatic rings. The van der Waals surface area contributed by atoms with Gasteiger partial charge in [-0.1, -0.05) is 6.08 Å². The summed E-state index contributed by atoms with van der Waals surface area (Å²) in [6, 6.07) is 5.06. The summed E-state index contributed by atoms with van der Waals surface area (Å²) >= 11 is 1.72. The van der Waals surface area contributed by atoms with Crippen LogP contribution in [0.3, 0.4) is 0 Å². The van der Waals surface area contributed by atoms with Gasteiger partial charge < -0.3 is 15.8 Å². The van der Waals surface area contributed by atoms with E-state index >= 15 is 0 Å². The van der Waals surface area contributed by atoms with Gasteiger partial charge in [0.05, 0.1) is 6.61 Å². The van der Waals surface area contributed by atoms with Gasteiger partial charge in [-0.2, -0.15) is 11.8 Å². The normalized spacial score (nSPS) is 9.95. The first-order valence-electron chi connectivity index (χ1n) is 6.17. The molecule has 104 valence electrons. The van der Waals surface area contributed by atoms with Crippen molar-refractivity contribution in [3.8, 4) is 5.75 Å². The van der Waals surface area contributed by atoms with Crippen LogP contribution < -0.4 is 15.8 Å². The molecule has 4 nitrogen and oxygen atoms in total. The summed E-state index contributed by atoms with van der Waals surface area (Å²) in [5, 5.41) is 2.85. The highest BCUT2D eigenvalue weighted by atomic mass is 32.2. The molecule has 0 radical (unpaired) electrons. The van der Waals surface area contributed by atoms with Gasteiger partial charge in [-0.25, -0.2) is 0 Å². The van der Waals surface area contributed by atoms with Gasteiger partial charge in [-0.15, -0.1) is 6.58 Å². The zero-order valence-corrected chi connectivity index (χ0v) is 12.0. The van der Waals surface area contributed by atoms with E-state index in [1.807, 2.05) is 13.0 Å². The van der Waals surface area contributed by atoms with E-state index in [0.717, 1.165) is 11.5 Å². The number of hydrogen-bond donors (Lipinski definition) is 2. The SMILES string of the molecule is C=CCSCCNC(=O)c1cc(N)cc(OCC)c1.